The minimum Gasteiger partial charge on any atom is -0.441 e. The van der Waals surface area contributed by atoms with Crippen molar-refractivity contribution in [2.75, 3.05) is 0 Å². The van der Waals surface area contributed by atoms with Gasteiger partial charge >= 0.3 is 0 Å². The molecule has 3 nitrogen and oxygen atoms in total. The summed E-state index contributed by atoms with van der Waals surface area (Å²) >= 11 is 0. The number of aryl methyl sites for hydroxylation is 2. The highest BCUT2D eigenvalue weighted by atomic mass is 16.4. The zero-order valence-electron chi connectivity index (χ0n) is 10.9. The Bertz CT molecular complexity index is 702. The second-order valence-corrected chi connectivity index (χ2v) is 4.47. The first-order valence-corrected chi connectivity index (χ1v) is 6.19. The Labute approximate surface area is 112 Å². The van der Waals surface area contributed by atoms with Crippen LogP contribution in [0.5, 0.6) is 0 Å². The number of pyridine rings is 1. The third-order valence-corrected chi connectivity index (χ3v) is 3.12. The van der Waals surface area contributed by atoms with Gasteiger partial charge in [-0.05, 0) is 31.5 Å². The lowest BCUT2D eigenvalue weighted by Gasteiger charge is -2.01. The lowest BCUT2D eigenvalue weighted by atomic mass is 10.1. The van der Waals surface area contributed by atoms with E-state index >= 15 is 0 Å². The molecule has 0 unspecified atom stereocenters. The van der Waals surface area contributed by atoms with E-state index in [9.17, 15) is 0 Å². The van der Waals surface area contributed by atoms with Crippen molar-refractivity contribution in [1.29, 1.82) is 0 Å². The third-order valence-electron chi connectivity index (χ3n) is 3.12. The van der Waals surface area contributed by atoms with Crippen LogP contribution < -0.4 is 0 Å². The van der Waals surface area contributed by atoms with Crippen LogP contribution in [-0.4, -0.2) is 9.97 Å². The Morgan fingerprint density at radius 3 is 2.42 bits per heavy atom. The number of hydrogen-bond acceptors (Lipinski definition) is 3. The molecule has 2 heterocycles. The highest BCUT2D eigenvalue weighted by molar-refractivity contribution is 5.68. The van der Waals surface area contributed by atoms with Gasteiger partial charge < -0.3 is 4.42 Å². The Kier molecular flexibility index (Phi) is 2.88. The number of hydrogen-bond donors (Lipinski definition) is 0. The highest BCUT2D eigenvalue weighted by Gasteiger charge is 2.14. The van der Waals surface area contributed by atoms with Gasteiger partial charge in [0.05, 0.1) is 0 Å². The summed E-state index contributed by atoms with van der Waals surface area (Å²) in [6.07, 6.45) is 3.48. The summed E-state index contributed by atoms with van der Waals surface area (Å²) < 4.78 is 5.77. The van der Waals surface area contributed by atoms with Crippen LogP contribution in [-0.2, 0) is 0 Å². The number of oxazole rings is 1. The second-order valence-electron chi connectivity index (χ2n) is 4.47. The summed E-state index contributed by atoms with van der Waals surface area (Å²) in [5, 5.41) is 0. The molecule has 0 saturated carbocycles. The monoisotopic (exact) mass is 250 g/mol. The minimum absolute atomic E-state index is 0.637. The maximum Gasteiger partial charge on any atom is 0.226 e. The summed E-state index contributed by atoms with van der Waals surface area (Å²) in [6.45, 7) is 4.02. The molecule has 2 aromatic heterocycles. The van der Waals surface area contributed by atoms with E-state index in [0.29, 0.717) is 5.89 Å². The van der Waals surface area contributed by atoms with Crippen LogP contribution in [0.3, 0.4) is 0 Å². The Morgan fingerprint density at radius 2 is 1.68 bits per heavy atom. The zero-order chi connectivity index (χ0) is 13.2. The van der Waals surface area contributed by atoms with Crippen molar-refractivity contribution < 1.29 is 4.42 Å². The number of nitrogens with zero attached hydrogens (tertiary/aromatic N) is 2. The largest absolute Gasteiger partial charge is 0.441 e. The molecule has 3 rings (SSSR count). The van der Waals surface area contributed by atoms with E-state index in [0.717, 1.165) is 22.6 Å². The van der Waals surface area contributed by atoms with Gasteiger partial charge in [0.25, 0.3) is 0 Å². The first-order valence-electron chi connectivity index (χ1n) is 6.19. The van der Waals surface area contributed by atoms with Crippen molar-refractivity contribution in [3.63, 3.8) is 0 Å². The van der Waals surface area contributed by atoms with Crippen molar-refractivity contribution in [2.45, 2.75) is 13.8 Å². The van der Waals surface area contributed by atoms with Crippen molar-refractivity contribution in [3.05, 3.63) is 60.1 Å². The number of benzene rings is 1. The molecule has 0 amide bonds. The standard InChI is InChI=1S/C16H14N2O/c1-11-5-3-4-6-14(11)15-12(2)19-16(18-15)13-7-9-17-10-8-13/h3-10H,1-2H3. The molecule has 0 bridgehead atoms. The van der Waals surface area contributed by atoms with E-state index in [1.54, 1.807) is 12.4 Å². The quantitative estimate of drug-likeness (QED) is 0.689. The molecule has 0 atom stereocenters. The summed E-state index contributed by atoms with van der Waals surface area (Å²) in [4.78, 5) is 8.62. The van der Waals surface area contributed by atoms with Crippen molar-refractivity contribution in [2.24, 2.45) is 0 Å². The molecule has 94 valence electrons. The predicted molar refractivity (Wildman–Crippen MR) is 74.6 cm³/mol. The molecule has 1 aromatic carbocycles. The van der Waals surface area contributed by atoms with Gasteiger partial charge in [0.15, 0.2) is 0 Å². The molecule has 0 aliphatic rings. The molecule has 0 saturated heterocycles. The molecule has 0 spiro atoms. The smallest absolute Gasteiger partial charge is 0.226 e. The van der Waals surface area contributed by atoms with Crippen LogP contribution in [0.4, 0.5) is 0 Å². The van der Waals surface area contributed by atoms with Crippen molar-refractivity contribution in [1.82, 2.24) is 9.97 Å². The van der Waals surface area contributed by atoms with Crippen molar-refractivity contribution >= 4 is 0 Å². The maximum absolute atomic E-state index is 5.77. The van der Waals surface area contributed by atoms with Gasteiger partial charge in [0.1, 0.15) is 11.5 Å². The fourth-order valence-corrected chi connectivity index (χ4v) is 2.10. The highest BCUT2D eigenvalue weighted by Crippen LogP contribution is 2.29. The van der Waals surface area contributed by atoms with E-state index in [1.165, 1.54) is 5.56 Å². The molecule has 19 heavy (non-hydrogen) atoms. The molecular formula is C16H14N2O. The van der Waals surface area contributed by atoms with Gasteiger partial charge in [-0.1, -0.05) is 24.3 Å². The zero-order valence-corrected chi connectivity index (χ0v) is 10.9. The van der Waals surface area contributed by atoms with Crippen molar-refractivity contribution in [3.8, 4) is 22.7 Å². The lowest BCUT2D eigenvalue weighted by Crippen LogP contribution is -1.85. The average molecular weight is 250 g/mol. The summed E-state index contributed by atoms with van der Waals surface area (Å²) in [5.74, 6) is 1.47. The van der Waals surface area contributed by atoms with Crippen LogP contribution >= 0.6 is 0 Å². The third kappa shape index (κ3) is 2.15. The van der Waals surface area contributed by atoms with Gasteiger partial charge in [-0.2, -0.15) is 0 Å². The lowest BCUT2D eigenvalue weighted by molar-refractivity contribution is 0.543. The molecule has 0 aliphatic heterocycles. The van der Waals surface area contributed by atoms with Crippen LogP contribution in [0.15, 0.2) is 53.2 Å². The van der Waals surface area contributed by atoms with E-state index in [1.807, 2.05) is 31.2 Å². The molecular weight excluding hydrogens is 236 g/mol. The summed E-state index contributed by atoms with van der Waals surface area (Å²) in [7, 11) is 0. The molecule has 0 radical (unpaired) electrons. The molecule has 3 aromatic rings. The van der Waals surface area contributed by atoms with Crippen LogP contribution in [0.25, 0.3) is 22.7 Å². The first-order chi connectivity index (χ1) is 9.25. The molecule has 0 N–H and O–H groups in total. The van der Waals surface area contributed by atoms with Gasteiger partial charge in [-0.15, -0.1) is 0 Å². The topological polar surface area (TPSA) is 38.9 Å². The van der Waals surface area contributed by atoms with E-state index < -0.39 is 0 Å². The maximum atomic E-state index is 5.77. The summed E-state index contributed by atoms with van der Waals surface area (Å²) in [5.41, 5.74) is 4.16. The number of aromatic nitrogens is 2. The second kappa shape index (κ2) is 4.69. The molecule has 0 aliphatic carbocycles. The fourth-order valence-electron chi connectivity index (χ4n) is 2.10. The van der Waals surface area contributed by atoms with Crippen LogP contribution in [0.2, 0.25) is 0 Å². The van der Waals surface area contributed by atoms with Gasteiger partial charge in [-0.3, -0.25) is 4.98 Å². The van der Waals surface area contributed by atoms with Gasteiger partial charge in [0, 0.05) is 23.5 Å². The van der Waals surface area contributed by atoms with Gasteiger partial charge in [-0.25, -0.2) is 4.98 Å². The first kappa shape index (κ1) is 11.7. The summed E-state index contributed by atoms with van der Waals surface area (Å²) in [6, 6.07) is 12.0. The fraction of sp³-hybridized carbons (Fsp3) is 0.125. The Morgan fingerprint density at radius 1 is 0.947 bits per heavy atom. The number of rotatable bonds is 2. The van der Waals surface area contributed by atoms with E-state index in [4.69, 9.17) is 4.42 Å². The minimum atomic E-state index is 0.637. The molecule has 3 heteroatoms. The molecule has 0 fully saturated rings. The Balaban J connectivity index is 2.11. The van der Waals surface area contributed by atoms with Gasteiger partial charge in [0.2, 0.25) is 5.89 Å². The Hall–Kier alpha value is -2.42. The SMILES string of the molecule is Cc1ccccc1-c1nc(-c2ccncc2)oc1C. The normalized spacial score (nSPS) is 10.6. The van der Waals surface area contributed by atoms with E-state index in [-0.39, 0.29) is 0 Å². The van der Waals surface area contributed by atoms with E-state index in [2.05, 4.69) is 29.0 Å². The average Bonchev–Trinajstić information content (AvgIpc) is 2.82. The van der Waals surface area contributed by atoms with Crippen LogP contribution in [0, 0.1) is 13.8 Å². The predicted octanol–water partition coefficient (Wildman–Crippen LogP) is 4.02. The van der Waals surface area contributed by atoms with Crippen LogP contribution in [0.1, 0.15) is 11.3 Å².